The molecule has 0 spiro atoms. The second kappa shape index (κ2) is 6.51. The molecule has 0 aromatic rings. The molecule has 25 heavy (non-hydrogen) atoms. The summed E-state index contributed by atoms with van der Waals surface area (Å²) in [6, 6.07) is 0.603. The Morgan fingerprint density at radius 3 is 1.80 bits per heavy atom. The minimum atomic E-state index is 0.603. The largest absolute Gasteiger partial charge is 0.315 e. The average molecular weight is 347 g/mol. The highest BCUT2D eigenvalue weighted by molar-refractivity contribution is 5.04. The molecule has 0 aromatic heterocycles. The summed E-state index contributed by atoms with van der Waals surface area (Å²) in [4.78, 5) is 0. The molecule has 2 nitrogen and oxygen atoms in total. The van der Waals surface area contributed by atoms with Crippen molar-refractivity contribution in [3.05, 3.63) is 0 Å². The van der Waals surface area contributed by atoms with E-state index in [0.717, 1.165) is 42.1 Å². The monoisotopic (exact) mass is 346 g/mol. The zero-order chi connectivity index (χ0) is 17.8. The fourth-order valence-electron chi connectivity index (χ4n) is 7.32. The van der Waals surface area contributed by atoms with Crippen LogP contribution in [0.5, 0.6) is 0 Å². The molecule has 0 radical (unpaired) electrons. The van der Waals surface area contributed by atoms with Gasteiger partial charge in [-0.05, 0) is 105 Å². The Kier molecular flexibility index (Phi) is 4.77. The Labute approximate surface area is 156 Å². The summed E-state index contributed by atoms with van der Waals surface area (Å²) in [5.41, 5.74) is 1.25. The summed E-state index contributed by atoms with van der Waals surface area (Å²) in [5, 5.41) is 7.67. The van der Waals surface area contributed by atoms with Crippen LogP contribution in [-0.4, -0.2) is 25.7 Å². The van der Waals surface area contributed by atoms with Gasteiger partial charge in [0.1, 0.15) is 0 Å². The van der Waals surface area contributed by atoms with Crippen molar-refractivity contribution in [1.82, 2.24) is 10.6 Å². The van der Waals surface area contributed by atoms with Crippen LogP contribution in [0.2, 0.25) is 0 Å². The van der Waals surface area contributed by atoms with E-state index >= 15 is 0 Å². The summed E-state index contributed by atoms with van der Waals surface area (Å²) in [6.07, 6.45) is 8.89. The van der Waals surface area contributed by atoms with Crippen LogP contribution in [0.15, 0.2) is 0 Å². The normalized spacial score (nSPS) is 44.5. The third-order valence-corrected chi connectivity index (χ3v) is 9.59. The average Bonchev–Trinajstić information content (AvgIpc) is 2.60. The number of rotatable bonds is 7. The first-order chi connectivity index (χ1) is 11.8. The first-order valence-electron chi connectivity index (χ1n) is 11.2. The maximum atomic E-state index is 3.86. The second-order valence-electron chi connectivity index (χ2n) is 11.4. The molecule has 0 amide bonds. The molecule has 6 saturated carbocycles. The van der Waals surface area contributed by atoms with Crippen LogP contribution in [0.1, 0.15) is 73.1 Å². The Balaban J connectivity index is 1.15. The van der Waals surface area contributed by atoms with Gasteiger partial charge in [-0.25, -0.2) is 0 Å². The van der Waals surface area contributed by atoms with E-state index in [1.54, 1.807) is 0 Å². The van der Waals surface area contributed by atoms with Crippen molar-refractivity contribution >= 4 is 0 Å². The van der Waals surface area contributed by atoms with Crippen LogP contribution in [0.4, 0.5) is 0 Å². The predicted octanol–water partition coefficient (Wildman–Crippen LogP) is 4.70. The van der Waals surface area contributed by atoms with Crippen LogP contribution >= 0.6 is 0 Å². The summed E-state index contributed by atoms with van der Waals surface area (Å²) in [6.45, 7) is 16.0. The van der Waals surface area contributed by atoms with Gasteiger partial charge in [-0.15, -0.1) is 0 Å². The zero-order valence-corrected chi connectivity index (χ0v) is 17.4. The third kappa shape index (κ3) is 3.10. The number of hydrogen-bond acceptors (Lipinski definition) is 2. The predicted molar refractivity (Wildman–Crippen MR) is 107 cm³/mol. The van der Waals surface area contributed by atoms with E-state index < -0.39 is 0 Å². The molecular formula is C23H42N2. The molecule has 0 heterocycles. The fourth-order valence-corrected chi connectivity index (χ4v) is 7.32. The minimum Gasteiger partial charge on any atom is -0.315 e. The standard InChI is InChI=1S/C23H42N2/c1-15(25-14-17-7-9-19-11-21(17)23(19,4)5)12-24-13-16-6-8-18-10-20(16)22(18,2)3/h15-21,24-25H,6-14H2,1-5H3. The molecule has 0 saturated heterocycles. The number of nitrogens with one attached hydrogen (secondary N) is 2. The minimum absolute atomic E-state index is 0.603. The van der Waals surface area contributed by atoms with Gasteiger partial charge in [-0.3, -0.25) is 0 Å². The molecule has 144 valence electrons. The van der Waals surface area contributed by atoms with E-state index in [0.29, 0.717) is 16.9 Å². The van der Waals surface area contributed by atoms with Crippen molar-refractivity contribution in [2.75, 3.05) is 19.6 Å². The van der Waals surface area contributed by atoms with Gasteiger partial charge in [-0.2, -0.15) is 0 Å². The van der Waals surface area contributed by atoms with E-state index in [9.17, 15) is 0 Å². The molecule has 6 aliphatic carbocycles. The molecule has 0 aromatic carbocycles. The topological polar surface area (TPSA) is 24.1 Å². The van der Waals surface area contributed by atoms with E-state index in [2.05, 4.69) is 45.3 Å². The molecule has 6 aliphatic rings. The van der Waals surface area contributed by atoms with Gasteiger partial charge in [-0.1, -0.05) is 27.7 Å². The number of fused-ring (bicyclic) bond motifs is 4. The van der Waals surface area contributed by atoms with Gasteiger partial charge in [0.15, 0.2) is 0 Å². The molecular weight excluding hydrogens is 304 g/mol. The molecule has 4 bridgehead atoms. The van der Waals surface area contributed by atoms with Crippen molar-refractivity contribution in [2.45, 2.75) is 79.2 Å². The van der Waals surface area contributed by atoms with Crippen LogP contribution in [0.25, 0.3) is 0 Å². The number of hydrogen-bond donors (Lipinski definition) is 2. The molecule has 0 aliphatic heterocycles. The van der Waals surface area contributed by atoms with Crippen LogP contribution in [0.3, 0.4) is 0 Å². The van der Waals surface area contributed by atoms with E-state index in [1.165, 1.54) is 51.6 Å². The third-order valence-electron chi connectivity index (χ3n) is 9.59. The van der Waals surface area contributed by atoms with Crippen molar-refractivity contribution in [3.63, 3.8) is 0 Å². The lowest BCUT2D eigenvalue weighted by Gasteiger charge is -2.60. The lowest BCUT2D eigenvalue weighted by atomic mass is 9.45. The van der Waals surface area contributed by atoms with Gasteiger partial charge >= 0.3 is 0 Å². The van der Waals surface area contributed by atoms with Crippen LogP contribution in [-0.2, 0) is 0 Å². The van der Waals surface area contributed by atoms with Crippen molar-refractivity contribution in [3.8, 4) is 0 Å². The Morgan fingerprint density at radius 2 is 1.32 bits per heavy atom. The summed E-state index contributed by atoms with van der Waals surface area (Å²) in [7, 11) is 0. The van der Waals surface area contributed by atoms with Gasteiger partial charge in [0.25, 0.3) is 0 Å². The molecule has 7 atom stereocenters. The SMILES string of the molecule is CC(CNCC1CCC2CC1C2(C)C)NCC1CCC2CC1C2(C)C. The first kappa shape index (κ1) is 18.3. The summed E-state index contributed by atoms with van der Waals surface area (Å²) < 4.78 is 0. The maximum Gasteiger partial charge on any atom is 0.0164 e. The molecule has 6 rings (SSSR count). The molecule has 2 heteroatoms. The van der Waals surface area contributed by atoms with E-state index in [-0.39, 0.29) is 0 Å². The molecule has 7 unspecified atom stereocenters. The summed E-state index contributed by atoms with van der Waals surface area (Å²) in [5.74, 6) is 5.87. The van der Waals surface area contributed by atoms with Crippen molar-refractivity contribution in [1.29, 1.82) is 0 Å². The summed E-state index contributed by atoms with van der Waals surface area (Å²) >= 11 is 0. The van der Waals surface area contributed by atoms with Crippen molar-refractivity contribution in [2.24, 2.45) is 46.3 Å². The maximum absolute atomic E-state index is 3.86. The van der Waals surface area contributed by atoms with Crippen molar-refractivity contribution < 1.29 is 0 Å². The quantitative estimate of drug-likeness (QED) is 0.698. The van der Waals surface area contributed by atoms with E-state index in [1.807, 2.05) is 0 Å². The molecule has 2 N–H and O–H groups in total. The van der Waals surface area contributed by atoms with E-state index in [4.69, 9.17) is 0 Å². The lowest BCUT2D eigenvalue weighted by Crippen LogP contribution is -2.55. The van der Waals surface area contributed by atoms with Gasteiger partial charge in [0, 0.05) is 12.6 Å². The Hall–Kier alpha value is -0.0800. The highest BCUT2D eigenvalue weighted by Gasteiger charge is 2.54. The highest BCUT2D eigenvalue weighted by atomic mass is 15.0. The highest BCUT2D eigenvalue weighted by Crippen LogP contribution is 2.62. The Bertz CT molecular complexity index is 478. The molecule has 6 fully saturated rings. The fraction of sp³-hybridized carbons (Fsp3) is 1.00. The zero-order valence-electron chi connectivity index (χ0n) is 17.4. The van der Waals surface area contributed by atoms with Gasteiger partial charge in [0.2, 0.25) is 0 Å². The first-order valence-corrected chi connectivity index (χ1v) is 11.2. The smallest absolute Gasteiger partial charge is 0.0164 e. The van der Waals surface area contributed by atoms with Crippen LogP contribution in [0, 0.1) is 46.3 Å². The van der Waals surface area contributed by atoms with Gasteiger partial charge < -0.3 is 10.6 Å². The Morgan fingerprint density at radius 1 is 0.800 bits per heavy atom. The lowest BCUT2D eigenvalue weighted by molar-refractivity contribution is -0.104. The van der Waals surface area contributed by atoms with Gasteiger partial charge in [0.05, 0.1) is 0 Å². The van der Waals surface area contributed by atoms with Crippen LogP contribution < -0.4 is 10.6 Å². The second-order valence-corrected chi connectivity index (χ2v) is 11.4.